The first kappa shape index (κ1) is 14.6. The van der Waals surface area contributed by atoms with E-state index in [2.05, 4.69) is 10.1 Å². The SMILES string of the molecule is CCC(SCc1nc(-c2ccc(C)cc2)no1)C(=O)O. The Kier molecular flexibility index (Phi) is 4.79. The third-order valence-corrected chi connectivity index (χ3v) is 4.18. The first-order chi connectivity index (χ1) is 9.60. The predicted molar refractivity (Wildman–Crippen MR) is 77.5 cm³/mol. The molecule has 1 atom stereocenters. The van der Waals surface area contributed by atoms with Gasteiger partial charge in [-0.2, -0.15) is 4.98 Å². The van der Waals surface area contributed by atoms with Gasteiger partial charge in [0.25, 0.3) is 0 Å². The molecule has 1 aromatic carbocycles. The van der Waals surface area contributed by atoms with Gasteiger partial charge in [0.05, 0.1) is 5.75 Å². The summed E-state index contributed by atoms with van der Waals surface area (Å²) in [7, 11) is 0. The summed E-state index contributed by atoms with van der Waals surface area (Å²) in [6.45, 7) is 3.86. The monoisotopic (exact) mass is 292 g/mol. The maximum Gasteiger partial charge on any atom is 0.316 e. The molecule has 0 aliphatic carbocycles. The van der Waals surface area contributed by atoms with Gasteiger partial charge in [0.15, 0.2) is 0 Å². The Morgan fingerprint density at radius 3 is 2.70 bits per heavy atom. The molecule has 106 valence electrons. The highest BCUT2D eigenvalue weighted by Crippen LogP contribution is 2.22. The van der Waals surface area contributed by atoms with Crippen molar-refractivity contribution in [2.45, 2.75) is 31.3 Å². The van der Waals surface area contributed by atoms with Crippen molar-refractivity contribution < 1.29 is 14.4 Å². The molecular formula is C14H16N2O3S. The normalized spacial score (nSPS) is 12.3. The van der Waals surface area contributed by atoms with Crippen molar-refractivity contribution in [3.05, 3.63) is 35.7 Å². The molecule has 2 aromatic rings. The van der Waals surface area contributed by atoms with E-state index in [4.69, 9.17) is 9.63 Å². The average Bonchev–Trinajstić information content (AvgIpc) is 2.89. The van der Waals surface area contributed by atoms with Crippen LogP contribution >= 0.6 is 11.8 Å². The second-order valence-corrected chi connectivity index (χ2v) is 5.61. The van der Waals surface area contributed by atoms with Crippen molar-refractivity contribution >= 4 is 17.7 Å². The molecule has 0 amide bonds. The van der Waals surface area contributed by atoms with E-state index in [1.165, 1.54) is 17.3 Å². The highest BCUT2D eigenvalue weighted by atomic mass is 32.2. The van der Waals surface area contributed by atoms with Gasteiger partial charge >= 0.3 is 5.97 Å². The Labute approximate surface area is 121 Å². The average molecular weight is 292 g/mol. The summed E-state index contributed by atoms with van der Waals surface area (Å²) >= 11 is 1.30. The molecule has 1 unspecified atom stereocenters. The quantitative estimate of drug-likeness (QED) is 0.881. The van der Waals surface area contributed by atoms with Crippen molar-refractivity contribution in [2.75, 3.05) is 0 Å². The van der Waals surface area contributed by atoms with Crippen LogP contribution in [0.15, 0.2) is 28.8 Å². The molecule has 1 aromatic heterocycles. The number of benzene rings is 1. The summed E-state index contributed by atoms with van der Waals surface area (Å²) in [4.78, 5) is 15.2. The Bertz CT molecular complexity index is 580. The van der Waals surface area contributed by atoms with Crippen LogP contribution in [0.2, 0.25) is 0 Å². The van der Waals surface area contributed by atoms with Crippen LogP contribution in [0.5, 0.6) is 0 Å². The molecule has 0 radical (unpaired) electrons. The first-order valence-electron chi connectivity index (χ1n) is 6.34. The number of thioether (sulfide) groups is 1. The number of aliphatic carboxylic acids is 1. The van der Waals surface area contributed by atoms with E-state index < -0.39 is 11.2 Å². The van der Waals surface area contributed by atoms with Crippen LogP contribution in [0.1, 0.15) is 24.8 Å². The van der Waals surface area contributed by atoms with Gasteiger partial charge in [-0.25, -0.2) is 0 Å². The number of carboxylic acid groups (broad SMARTS) is 1. The largest absolute Gasteiger partial charge is 0.480 e. The number of hydrogen-bond donors (Lipinski definition) is 1. The van der Waals surface area contributed by atoms with E-state index in [9.17, 15) is 4.79 Å². The summed E-state index contributed by atoms with van der Waals surface area (Å²) < 4.78 is 5.15. The Balaban J connectivity index is 2.02. The van der Waals surface area contributed by atoms with Crippen LogP contribution in [0.4, 0.5) is 0 Å². The summed E-state index contributed by atoms with van der Waals surface area (Å²) in [5.74, 6) is 0.578. The third-order valence-electron chi connectivity index (χ3n) is 2.83. The number of carbonyl (C=O) groups is 1. The fourth-order valence-corrected chi connectivity index (χ4v) is 2.51. The van der Waals surface area contributed by atoms with Crippen molar-refractivity contribution in [2.24, 2.45) is 0 Å². The fraction of sp³-hybridized carbons (Fsp3) is 0.357. The van der Waals surface area contributed by atoms with Crippen molar-refractivity contribution in [1.29, 1.82) is 0 Å². The van der Waals surface area contributed by atoms with Gasteiger partial charge in [-0.05, 0) is 13.3 Å². The second kappa shape index (κ2) is 6.56. The van der Waals surface area contributed by atoms with Gasteiger partial charge in [0.2, 0.25) is 11.7 Å². The minimum atomic E-state index is -0.809. The number of aryl methyl sites for hydroxylation is 1. The fourth-order valence-electron chi connectivity index (χ4n) is 1.67. The number of nitrogens with zero attached hydrogens (tertiary/aromatic N) is 2. The minimum absolute atomic E-state index is 0.406. The molecule has 5 nitrogen and oxygen atoms in total. The third kappa shape index (κ3) is 3.60. The lowest BCUT2D eigenvalue weighted by Gasteiger charge is -2.06. The number of rotatable bonds is 6. The summed E-state index contributed by atoms with van der Waals surface area (Å²) in [6, 6.07) is 7.84. The van der Waals surface area contributed by atoms with Crippen molar-refractivity contribution in [1.82, 2.24) is 10.1 Å². The summed E-state index contributed by atoms with van der Waals surface area (Å²) in [6.07, 6.45) is 0.568. The Morgan fingerprint density at radius 2 is 2.10 bits per heavy atom. The lowest BCUT2D eigenvalue weighted by molar-refractivity contribution is -0.136. The second-order valence-electron chi connectivity index (χ2n) is 4.42. The first-order valence-corrected chi connectivity index (χ1v) is 7.39. The maximum absolute atomic E-state index is 10.9. The van der Waals surface area contributed by atoms with Crippen LogP contribution in [0, 0.1) is 6.92 Å². The number of carboxylic acids is 1. The highest BCUT2D eigenvalue weighted by Gasteiger charge is 2.17. The highest BCUT2D eigenvalue weighted by molar-refractivity contribution is 7.99. The molecule has 0 saturated heterocycles. The van der Waals surface area contributed by atoms with Crippen LogP contribution in [-0.2, 0) is 10.5 Å². The molecule has 0 aliphatic heterocycles. The predicted octanol–water partition coefficient (Wildman–Crippen LogP) is 3.14. The molecule has 1 N–H and O–H groups in total. The van der Waals surface area contributed by atoms with Crippen LogP contribution in [0.25, 0.3) is 11.4 Å². The molecule has 0 aliphatic rings. The van der Waals surface area contributed by atoms with E-state index in [1.54, 1.807) is 0 Å². The van der Waals surface area contributed by atoms with E-state index in [0.717, 1.165) is 5.56 Å². The van der Waals surface area contributed by atoms with E-state index in [1.807, 2.05) is 38.1 Å². The molecule has 1 heterocycles. The molecule has 6 heteroatoms. The van der Waals surface area contributed by atoms with Crippen LogP contribution < -0.4 is 0 Å². The zero-order valence-electron chi connectivity index (χ0n) is 11.4. The van der Waals surface area contributed by atoms with E-state index >= 15 is 0 Å². The number of hydrogen-bond acceptors (Lipinski definition) is 5. The minimum Gasteiger partial charge on any atom is -0.480 e. The van der Waals surface area contributed by atoms with E-state index in [-0.39, 0.29) is 0 Å². The summed E-state index contributed by atoms with van der Waals surface area (Å²) in [5, 5.41) is 12.5. The molecular weight excluding hydrogens is 276 g/mol. The van der Waals surface area contributed by atoms with Gasteiger partial charge in [-0.3, -0.25) is 4.79 Å². The molecule has 0 saturated carbocycles. The topological polar surface area (TPSA) is 76.2 Å². The molecule has 0 bridgehead atoms. The maximum atomic E-state index is 10.9. The lowest BCUT2D eigenvalue weighted by Crippen LogP contribution is -2.15. The van der Waals surface area contributed by atoms with Crippen LogP contribution in [0.3, 0.4) is 0 Å². The van der Waals surface area contributed by atoms with Crippen molar-refractivity contribution in [3.8, 4) is 11.4 Å². The Hall–Kier alpha value is -1.82. The molecule has 0 spiro atoms. The number of aromatic nitrogens is 2. The van der Waals surface area contributed by atoms with Gasteiger partial charge < -0.3 is 9.63 Å². The zero-order valence-corrected chi connectivity index (χ0v) is 12.2. The molecule has 2 rings (SSSR count). The lowest BCUT2D eigenvalue weighted by atomic mass is 10.1. The molecule has 0 fully saturated rings. The van der Waals surface area contributed by atoms with Gasteiger partial charge in [0.1, 0.15) is 5.25 Å². The zero-order chi connectivity index (χ0) is 14.5. The van der Waals surface area contributed by atoms with Crippen molar-refractivity contribution in [3.63, 3.8) is 0 Å². The van der Waals surface area contributed by atoms with Gasteiger partial charge in [0, 0.05) is 5.56 Å². The standard InChI is InChI=1S/C14H16N2O3S/c1-3-11(14(17)18)20-8-12-15-13(16-19-12)10-6-4-9(2)5-7-10/h4-7,11H,3,8H2,1-2H3,(H,17,18). The summed E-state index contributed by atoms with van der Waals surface area (Å²) in [5.41, 5.74) is 2.06. The van der Waals surface area contributed by atoms with Gasteiger partial charge in [-0.1, -0.05) is 41.9 Å². The molecule has 20 heavy (non-hydrogen) atoms. The smallest absolute Gasteiger partial charge is 0.316 e. The van der Waals surface area contributed by atoms with Crippen LogP contribution in [-0.4, -0.2) is 26.5 Å². The Morgan fingerprint density at radius 1 is 1.40 bits per heavy atom. The van der Waals surface area contributed by atoms with Gasteiger partial charge in [-0.15, -0.1) is 11.8 Å². The van der Waals surface area contributed by atoms with E-state index in [0.29, 0.717) is 23.9 Å².